The fourth-order valence-corrected chi connectivity index (χ4v) is 2.71. The number of benzene rings is 2. The molecule has 0 amide bonds. The molecule has 0 heterocycles. The average Bonchev–Trinajstić information content (AvgIpc) is 2.31. The standard InChI is InChI=1S/C16H16BrFO/c1-10-4-3-5-15(11(10)2)16(19)8-12-6-13(17)9-14(18)7-12/h3-7,9,16,19H,8H2,1-2H3. The zero-order chi connectivity index (χ0) is 14.0. The number of hydrogen-bond donors (Lipinski definition) is 1. The lowest BCUT2D eigenvalue weighted by Crippen LogP contribution is -2.05. The van der Waals surface area contributed by atoms with Crippen LogP contribution in [0.1, 0.15) is 28.4 Å². The Labute approximate surface area is 121 Å². The summed E-state index contributed by atoms with van der Waals surface area (Å²) in [6, 6.07) is 10.6. The normalized spacial score (nSPS) is 12.5. The van der Waals surface area contributed by atoms with Crippen LogP contribution in [0.15, 0.2) is 40.9 Å². The fraction of sp³-hybridized carbons (Fsp3) is 0.250. The zero-order valence-electron chi connectivity index (χ0n) is 11.0. The van der Waals surface area contributed by atoms with E-state index < -0.39 is 6.10 Å². The minimum Gasteiger partial charge on any atom is -0.388 e. The molecule has 0 radical (unpaired) electrons. The van der Waals surface area contributed by atoms with Crippen molar-refractivity contribution in [2.24, 2.45) is 0 Å². The highest BCUT2D eigenvalue weighted by molar-refractivity contribution is 9.10. The van der Waals surface area contributed by atoms with Crippen molar-refractivity contribution in [3.8, 4) is 0 Å². The lowest BCUT2D eigenvalue weighted by atomic mass is 9.95. The van der Waals surface area contributed by atoms with Crippen molar-refractivity contribution in [3.05, 3.63) is 68.9 Å². The Morgan fingerprint density at radius 1 is 1.21 bits per heavy atom. The van der Waals surface area contributed by atoms with Crippen molar-refractivity contribution >= 4 is 15.9 Å². The molecule has 0 aliphatic carbocycles. The monoisotopic (exact) mass is 322 g/mol. The molecule has 0 aromatic heterocycles. The number of aryl methyl sites for hydroxylation is 1. The van der Waals surface area contributed by atoms with Crippen molar-refractivity contribution in [3.63, 3.8) is 0 Å². The molecule has 2 rings (SSSR count). The molecule has 0 fully saturated rings. The Bertz CT molecular complexity index is 575. The van der Waals surface area contributed by atoms with E-state index in [1.165, 1.54) is 12.1 Å². The van der Waals surface area contributed by atoms with Crippen molar-refractivity contribution in [2.45, 2.75) is 26.4 Å². The zero-order valence-corrected chi connectivity index (χ0v) is 12.5. The highest BCUT2D eigenvalue weighted by Gasteiger charge is 2.13. The van der Waals surface area contributed by atoms with Gasteiger partial charge in [0.1, 0.15) is 5.82 Å². The highest BCUT2D eigenvalue weighted by atomic mass is 79.9. The molecule has 2 aromatic carbocycles. The molecule has 0 saturated carbocycles. The Kier molecular flexibility index (Phi) is 4.38. The van der Waals surface area contributed by atoms with Crippen LogP contribution in [0.5, 0.6) is 0 Å². The summed E-state index contributed by atoms with van der Waals surface area (Å²) < 4.78 is 14.0. The second kappa shape index (κ2) is 5.85. The molecule has 100 valence electrons. The van der Waals surface area contributed by atoms with Crippen molar-refractivity contribution in [1.82, 2.24) is 0 Å². The molecule has 1 nitrogen and oxygen atoms in total. The summed E-state index contributed by atoms with van der Waals surface area (Å²) in [5.74, 6) is -0.294. The van der Waals surface area contributed by atoms with E-state index in [2.05, 4.69) is 15.9 Å². The molecule has 0 aliphatic rings. The highest BCUT2D eigenvalue weighted by Crippen LogP contribution is 2.25. The first-order valence-electron chi connectivity index (χ1n) is 6.16. The van der Waals surface area contributed by atoms with Crippen LogP contribution in [0.4, 0.5) is 4.39 Å². The largest absolute Gasteiger partial charge is 0.388 e. The van der Waals surface area contributed by atoms with Crippen LogP contribution in [-0.2, 0) is 6.42 Å². The maximum absolute atomic E-state index is 13.3. The van der Waals surface area contributed by atoms with E-state index >= 15 is 0 Å². The molecule has 1 atom stereocenters. The van der Waals surface area contributed by atoms with Gasteiger partial charge in [0, 0.05) is 10.9 Å². The minimum atomic E-state index is -0.617. The van der Waals surface area contributed by atoms with Gasteiger partial charge in [-0.3, -0.25) is 0 Å². The molecule has 0 saturated heterocycles. The molecule has 0 aliphatic heterocycles. The summed E-state index contributed by atoms with van der Waals surface area (Å²) in [6.45, 7) is 4.01. The van der Waals surface area contributed by atoms with Gasteiger partial charge in [0.05, 0.1) is 6.10 Å². The predicted molar refractivity (Wildman–Crippen MR) is 78.7 cm³/mol. The lowest BCUT2D eigenvalue weighted by Gasteiger charge is -2.15. The predicted octanol–water partition coefficient (Wildman–Crippen LogP) is 4.48. The maximum atomic E-state index is 13.3. The SMILES string of the molecule is Cc1cccc(C(O)Cc2cc(F)cc(Br)c2)c1C. The van der Waals surface area contributed by atoms with Crippen molar-refractivity contribution in [1.29, 1.82) is 0 Å². The molecule has 2 aromatic rings. The molecular formula is C16H16BrFO. The van der Waals surface area contributed by atoms with Gasteiger partial charge >= 0.3 is 0 Å². The van der Waals surface area contributed by atoms with Crippen LogP contribution in [-0.4, -0.2) is 5.11 Å². The number of halogens is 2. The van der Waals surface area contributed by atoms with E-state index in [1.54, 1.807) is 0 Å². The first-order chi connectivity index (χ1) is 8.97. The third-order valence-corrected chi connectivity index (χ3v) is 3.81. The second-order valence-electron chi connectivity index (χ2n) is 4.79. The van der Waals surface area contributed by atoms with Crippen LogP contribution in [0.2, 0.25) is 0 Å². The van der Waals surface area contributed by atoms with Crippen LogP contribution in [0.25, 0.3) is 0 Å². The van der Waals surface area contributed by atoms with Gasteiger partial charge < -0.3 is 5.11 Å². The molecule has 1 N–H and O–H groups in total. The summed E-state index contributed by atoms with van der Waals surface area (Å²) >= 11 is 3.26. The van der Waals surface area contributed by atoms with Gasteiger partial charge in [-0.2, -0.15) is 0 Å². The summed E-state index contributed by atoms with van der Waals surface area (Å²) in [5.41, 5.74) is 3.92. The molecule has 3 heteroatoms. The third-order valence-electron chi connectivity index (χ3n) is 3.36. The number of hydrogen-bond acceptors (Lipinski definition) is 1. The lowest BCUT2D eigenvalue weighted by molar-refractivity contribution is 0.177. The number of aliphatic hydroxyl groups is 1. The summed E-state index contributed by atoms with van der Waals surface area (Å²) in [6.07, 6.45) is -0.214. The Morgan fingerprint density at radius 3 is 2.63 bits per heavy atom. The van der Waals surface area contributed by atoms with E-state index in [1.807, 2.05) is 38.1 Å². The van der Waals surface area contributed by atoms with E-state index in [4.69, 9.17) is 0 Å². The van der Waals surface area contributed by atoms with Crippen LogP contribution in [0, 0.1) is 19.7 Å². The molecule has 0 spiro atoms. The van der Waals surface area contributed by atoms with E-state index in [0.717, 1.165) is 22.3 Å². The van der Waals surface area contributed by atoms with Gasteiger partial charge in [0.25, 0.3) is 0 Å². The van der Waals surface area contributed by atoms with Gasteiger partial charge in [-0.05, 0) is 54.3 Å². The minimum absolute atomic E-state index is 0.294. The van der Waals surface area contributed by atoms with Crippen LogP contribution >= 0.6 is 15.9 Å². The van der Waals surface area contributed by atoms with E-state index in [0.29, 0.717) is 10.9 Å². The van der Waals surface area contributed by atoms with Crippen LogP contribution in [0.3, 0.4) is 0 Å². The van der Waals surface area contributed by atoms with Crippen LogP contribution < -0.4 is 0 Å². The summed E-state index contributed by atoms with van der Waals surface area (Å²) in [4.78, 5) is 0. The van der Waals surface area contributed by atoms with E-state index in [-0.39, 0.29) is 5.82 Å². The van der Waals surface area contributed by atoms with Gasteiger partial charge in [-0.15, -0.1) is 0 Å². The van der Waals surface area contributed by atoms with Crippen molar-refractivity contribution < 1.29 is 9.50 Å². The number of aliphatic hydroxyl groups excluding tert-OH is 1. The van der Waals surface area contributed by atoms with Gasteiger partial charge in [0.2, 0.25) is 0 Å². The van der Waals surface area contributed by atoms with Gasteiger partial charge in [-0.25, -0.2) is 4.39 Å². The summed E-state index contributed by atoms with van der Waals surface area (Å²) in [7, 11) is 0. The van der Waals surface area contributed by atoms with Gasteiger partial charge in [-0.1, -0.05) is 34.1 Å². The Hall–Kier alpha value is -1.19. The van der Waals surface area contributed by atoms with E-state index in [9.17, 15) is 9.50 Å². The fourth-order valence-electron chi connectivity index (χ4n) is 2.20. The Morgan fingerprint density at radius 2 is 1.95 bits per heavy atom. The first kappa shape index (κ1) is 14.2. The Balaban J connectivity index is 2.25. The van der Waals surface area contributed by atoms with Crippen molar-refractivity contribution in [2.75, 3.05) is 0 Å². The molecular weight excluding hydrogens is 307 g/mol. The molecule has 0 bridgehead atoms. The number of rotatable bonds is 3. The topological polar surface area (TPSA) is 20.2 Å². The van der Waals surface area contributed by atoms with Gasteiger partial charge in [0.15, 0.2) is 0 Å². The first-order valence-corrected chi connectivity index (χ1v) is 6.96. The second-order valence-corrected chi connectivity index (χ2v) is 5.70. The summed E-state index contributed by atoms with van der Waals surface area (Å²) in [5, 5.41) is 10.3. The third kappa shape index (κ3) is 3.43. The maximum Gasteiger partial charge on any atom is 0.124 e. The smallest absolute Gasteiger partial charge is 0.124 e. The molecule has 19 heavy (non-hydrogen) atoms. The quantitative estimate of drug-likeness (QED) is 0.883. The molecule has 1 unspecified atom stereocenters. The average molecular weight is 323 g/mol.